The summed E-state index contributed by atoms with van der Waals surface area (Å²) in [7, 11) is 0. The summed E-state index contributed by atoms with van der Waals surface area (Å²) in [5, 5.41) is 7.80. The van der Waals surface area contributed by atoms with Gasteiger partial charge in [-0.3, -0.25) is 4.79 Å². The van der Waals surface area contributed by atoms with Gasteiger partial charge in [-0.15, -0.1) is 10.2 Å². The monoisotopic (exact) mass is 255 g/mol. The Kier molecular flexibility index (Phi) is 4.87. The van der Waals surface area contributed by atoms with Crippen molar-refractivity contribution in [3.63, 3.8) is 0 Å². The smallest absolute Gasteiger partial charge is 0.274 e. The first kappa shape index (κ1) is 13.9. The van der Waals surface area contributed by atoms with Crippen molar-refractivity contribution in [2.24, 2.45) is 5.92 Å². The number of rotatable bonds is 4. The fourth-order valence-corrected chi connectivity index (χ4v) is 1.60. The van der Waals surface area contributed by atoms with Crippen LogP contribution in [0.4, 0.5) is 0 Å². The van der Waals surface area contributed by atoms with Crippen LogP contribution in [0.15, 0.2) is 12.1 Å². The molecule has 5 heteroatoms. The minimum Gasteiger partial charge on any atom is -0.335 e. The van der Waals surface area contributed by atoms with Gasteiger partial charge in [0.1, 0.15) is 0 Å². The van der Waals surface area contributed by atoms with Gasteiger partial charge >= 0.3 is 0 Å². The van der Waals surface area contributed by atoms with Gasteiger partial charge in [0.05, 0.1) is 0 Å². The Bertz CT molecular complexity index is 376. The molecular weight excluding hydrogens is 238 g/mol. The summed E-state index contributed by atoms with van der Waals surface area (Å²) in [5.74, 6) is 0.319. The fraction of sp³-hybridized carbons (Fsp3) is 0.583. The molecule has 0 aliphatic carbocycles. The lowest BCUT2D eigenvalue weighted by atomic mass is 10.1. The lowest BCUT2D eigenvalue weighted by Gasteiger charge is -2.28. The minimum absolute atomic E-state index is 0.0992. The molecule has 0 fully saturated rings. The number of halogens is 1. The van der Waals surface area contributed by atoms with Crippen LogP contribution in [-0.4, -0.2) is 33.6 Å². The van der Waals surface area contributed by atoms with Crippen LogP contribution in [0.2, 0.25) is 5.15 Å². The zero-order valence-corrected chi connectivity index (χ0v) is 11.4. The molecule has 0 bridgehead atoms. The first-order chi connectivity index (χ1) is 7.91. The summed E-state index contributed by atoms with van der Waals surface area (Å²) >= 11 is 5.64. The molecule has 0 aliphatic rings. The van der Waals surface area contributed by atoms with Gasteiger partial charge in [0.25, 0.3) is 5.91 Å². The third-order valence-corrected chi connectivity index (χ3v) is 2.50. The lowest BCUT2D eigenvalue weighted by molar-refractivity contribution is 0.0674. The Labute approximate surface area is 107 Å². The van der Waals surface area contributed by atoms with E-state index in [2.05, 4.69) is 24.0 Å². The van der Waals surface area contributed by atoms with Crippen molar-refractivity contribution in [3.05, 3.63) is 23.0 Å². The van der Waals surface area contributed by atoms with E-state index in [4.69, 9.17) is 11.6 Å². The van der Waals surface area contributed by atoms with E-state index in [0.717, 1.165) is 0 Å². The molecule has 0 atom stereocenters. The number of nitrogens with zero attached hydrogens (tertiary/aromatic N) is 3. The van der Waals surface area contributed by atoms with Crippen LogP contribution in [0.1, 0.15) is 38.2 Å². The van der Waals surface area contributed by atoms with Crippen molar-refractivity contribution in [2.45, 2.75) is 33.7 Å². The summed E-state index contributed by atoms with van der Waals surface area (Å²) in [4.78, 5) is 14.0. The van der Waals surface area contributed by atoms with Crippen molar-refractivity contribution < 1.29 is 4.79 Å². The fourth-order valence-electron chi connectivity index (χ4n) is 1.50. The van der Waals surface area contributed by atoms with E-state index >= 15 is 0 Å². The molecule has 94 valence electrons. The van der Waals surface area contributed by atoms with E-state index in [9.17, 15) is 4.79 Å². The topological polar surface area (TPSA) is 46.1 Å². The van der Waals surface area contributed by atoms with Crippen LogP contribution in [0.5, 0.6) is 0 Å². The maximum Gasteiger partial charge on any atom is 0.274 e. The zero-order chi connectivity index (χ0) is 13.0. The van der Waals surface area contributed by atoms with Crippen LogP contribution >= 0.6 is 11.6 Å². The SMILES string of the molecule is CC(C)CN(C(=O)c1ccc(Cl)nn1)C(C)C. The highest BCUT2D eigenvalue weighted by Gasteiger charge is 2.20. The first-order valence-corrected chi connectivity index (χ1v) is 6.09. The maximum absolute atomic E-state index is 12.2. The lowest BCUT2D eigenvalue weighted by Crippen LogP contribution is -2.40. The third kappa shape index (κ3) is 3.97. The Morgan fingerprint density at radius 1 is 1.29 bits per heavy atom. The molecule has 1 amide bonds. The van der Waals surface area contributed by atoms with E-state index in [-0.39, 0.29) is 11.9 Å². The average Bonchev–Trinajstić information content (AvgIpc) is 2.25. The summed E-state index contributed by atoms with van der Waals surface area (Å²) in [5.41, 5.74) is 0.337. The van der Waals surface area contributed by atoms with Crippen LogP contribution in [-0.2, 0) is 0 Å². The number of hydrogen-bond donors (Lipinski definition) is 0. The van der Waals surface area contributed by atoms with Gasteiger partial charge in [0.15, 0.2) is 10.8 Å². The van der Waals surface area contributed by atoms with E-state index in [1.54, 1.807) is 17.0 Å². The second-order valence-electron chi connectivity index (χ2n) is 4.69. The van der Waals surface area contributed by atoms with Crippen molar-refractivity contribution >= 4 is 17.5 Å². The average molecular weight is 256 g/mol. The number of hydrogen-bond acceptors (Lipinski definition) is 3. The predicted octanol–water partition coefficient (Wildman–Crippen LogP) is 2.64. The first-order valence-electron chi connectivity index (χ1n) is 5.72. The quantitative estimate of drug-likeness (QED) is 0.831. The van der Waals surface area contributed by atoms with Gasteiger partial charge in [-0.05, 0) is 31.9 Å². The molecule has 0 saturated carbocycles. The Balaban J connectivity index is 2.88. The van der Waals surface area contributed by atoms with Crippen LogP contribution < -0.4 is 0 Å². The molecular formula is C12H18ClN3O. The van der Waals surface area contributed by atoms with Gasteiger partial charge in [-0.1, -0.05) is 25.4 Å². The molecule has 0 N–H and O–H groups in total. The molecule has 1 aromatic heterocycles. The molecule has 0 spiro atoms. The molecule has 0 saturated heterocycles. The standard InChI is InChI=1S/C12H18ClN3O/c1-8(2)7-16(9(3)4)12(17)10-5-6-11(13)15-14-10/h5-6,8-9H,7H2,1-4H3. The summed E-state index contributed by atoms with van der Waals surface area (Å²) in [6, 6.07) is 3.32. The summed E-state index contributed by atoms with van der Waals surface area (Å²) < 4.78 is 0. The second kappa shape index (κ2) is 5.96. The van der Waals surface area contributed by atoms with E-state index in [1.165, 1.54) is 0 Å². The molecule has 17 heavy (non-hydrogen) atoms. The van der Waals surface area contributed by atoms with Gasteiger partial charge in [0.2, 0.25) is 0 Å². The highest BCUT2D eigenvalue weighted by atomic mass is 35.5. The molecule has 0 aromatic carbocycles. The minimum atomic E-state index is -0.0992. The molecule has 0 radical (unpaired) electrons. The Hall–Kier alpha value is -1.16. The van der Waals surface area contributed by atoms with Gasteiger partial charge in [-0.2, -0.15) is 0 Å². The number of amides is 1. The molecule has 0 unspecified atom stereocenters. The van der Waals surface area contributed by atoms with Crippen molar-refractivity contribution in [3.8, 4) is 0 Å². The second-order valence-corrected chi connectivity index (χ2v) is 5.07. The maximum atomic E-state index is 12.2. The van der Waals surface area contributed by atoms with E-state index in [1.807, 2.05) is 13.8 Å². The van der Waals surface area contributed by atoms with Crippen molar-refractivity contribution in [2.75, 3.05) is 6.54 Å². The highest BCUT2D eigenvalue weighted by Crippen LogP contribution is 2.10. The Morgan fingerprint density at radius 3 is 2.35 bits per heavy atom. The molecule has 0 aliphatic heterocycles. The summed E-state index contributed by atoms with van der Waals surface area (Å²) in [6.45, 7) is 8.85. The van der Waals surface area contributed by atoms with Gasteiger partial charge < -0.3 is 4.90 Å². The van der Waals surface area contributed by atoms with E-state index in [0.29, 0.717) is 23.3 Å². The van der Waals surface area contributed by atoms with E-state index < -0.39 is 0 Å². The van der Waals surface area contributed by atoms with Gasteiger partial charge in [0, 0.05) is 12.6 Å². The Morgan fingerprint density at radius 2 is 1.94 bits per heavy atom. The normalized spacial score (nSPS) is 11.0. The highest BCUT2D eigenvalue weighted by molar-refractivity contribution is 6.29. The van der Waals surface area contributed by atoms with Crippen LogP contribution in [0.3, 0.4) is 0 Å². The molecule has 1 heterocycles. The molecule has 1 aromatic rings. The van der Waals surface area contributed by atoms with Crippen LogP contribution in [0, 0.1) is 5.92 Å². The predicted molar refractivity (Wildman–Crippen MR) is 68.1 cm³/mol. The number of carbonyl (C=O) groups is 1. The largest absolute Gasteiger partial charge is 0.335 e. The van der Waals surface area contributed by atoms with Crippen molar-refractivity contribution in [1.82, 2.24) is 15.1 Å². The number of aromatic nitrogens is 2. The van der Waals surface area contributed by atoms with Crippen LogP contribution in [0.25, 0.3) is 0 Å². The van der Waals surface area contributed by atoms with Gasteiger partial charge in [-0.25, -0.2) is 0 Å². The molecule has 1 rings (SSSR count). The molecule has 4 nitrogen and oxygen atoms in total. The zero-order valence-electron chi connectivity index (χ0n) is 10.6. The third-order valence-electron chi connectivity index (χ3n) is 2.30. The number of carbonyl (C=O) groups excluding carboxylic acids is 1. The van der Waals surface area contributed by atoms with Crippen molar-refractivity contribution in [1.29, 1.82) is 0 Å². The summed E-state index contributed by atoms with van der Waals surface area (Å²) in [6.07, 6.45) is 0.